The van der Waals surface area contributed by atoms with Crippen LogP contribution in [0.3, 0.4) is 0 Å². The standard InChI is InChI=1S/C21H18FNO3/c1-13-20(14-4-6-17(22)7-5-14)21(16(12-24)11-23-13)15-8-18(25-2)10-19(9-15)26-3/h4-12H,1-3H3. The van der Waals surface area contributed by atoms with Crippen molar-refractivity contribution in [1.29, 1.82) is 0 Å². The van der Waals surface area contributed by atoms with E-state index in [4.69, 9.17) is 9.47 Å². The maximum atomic E-state index is 13.4. The molecule has 0 fully saturated rings. The lowest BCUT2D eigenvalue weighted by molar-refractivity contribution is 0.112. The van der Waals surface area contributed by atoms with E-state index >= 15 is 0 Å². The second-order valence-corrected chi connectivity index (χ2v) is 5.78. The van der Waals surface area contributed by atoms with E-state index in [9.17, 15) is 9.18 Å². The third kappa shape index (κ3) is 3.28. The molecule has 2 aromatic carbocycles. The lowest BCUT2D eigenvalue weighted by atomic mass is 9.90. The highest BCUT2D eigenvalue weighted by atomic mass is 19.1. The third-order valence-corrected chi connectivity index (χ3v) is 4.20. The van der Waals surface area contributed by atoms with Gasteiger partial charge >= 0.3 is 0 Å². The zero-order chi connectivity index (χ0) is 18.7. The Morgan fingerprint density at radius 3 is 2.08 bits per heavy atom. The Kier molecular flexibility index (Phi) is 4.98. The Hall–Kier alpha value is -3.21. The summed E-state index contributed by atoms with van der Waals surface area (Å²) in [6.07, 6.45) is 2.30. The van der Waals surface area contributed by atoms with Crippen LogP contribution in [0.4, 0.5) is 4.39 Å². The Bertz CT molecular complexity index is 930. The van der Waals surface area contributed by atoms with E-state index < -0.39 is 0 Å². The maximum Gasteiger partial charge on any atom is 0.152 e. The van der Waals surface area contributed by atoms with Gasteiger partial charge in [0, 0.05) is 34.6 Å². The first-order valence-electron chi connectivity index (χ1n) is 8.01. The van der Waals surface area contributed by atoms with Gasteiger partial charge in [-0.2, -0.15) is 0 Å². The summed E-state index contributed by atoms with van der Waals surface area (Å²) in [5.74, 6) is 0.891. The van der Waals surface area contributed by atoms with E-state index in [-0.39, 0.29) is 5.82 Å². The number of carbonyl (C=O) groups is 1. The molecular formula is C21H18FNO3. The summed E-state index contributed by atoms with van der Waals surface area (Å²) in [6.45, 7) is 1.86. The lowest BCUT2D eigenvalue weighted by Crippen LogP contribution is -1.99. The number of halogens is 1. The molecule has 0 aliphatic carbocycles. The number of aromatic nitrogens is 1. The van der Waals surface area contributed by atoms with Crippen LogP contribution in [0.15, 0.2) is 48.7 Å². The Morgan fingerprint density at radius 2 is 1.54 bits per heavy atom. The molecule has 1 heterocycles. The highest BCUT2D eigenvalue weighted by Crippen LogP contribution is 2.39. The Morgan fingerprint density at radius 1 is 0.923 bits per heavy atom. The number of benzene rings is 2. The summed E-state index contributed by atoms with van der Waals surface area (Å²) in [6, 6.07) is 11.5. The maximum absolute atomic E-state index is 13.4. The van der Waals surface area contributed by atoms with Crippen molar-refractivity contribution in [3.8, 4) is 33.8 Å². The third-order valence-electron chi connectivity index (χ3n) is 4.20. The van der Waals surface area contributed by atoms with Crippen LogP contribution in [0.2, 0.25) is 0 Å². The normalized spacial score (nSPS) is 10.5. The van der Waals surface area contributed by atoms with E-state index in [2.05, 4.69) is 4.98 Å². The van der Waals surface area contributed by atoms with Crippen LogP contribution >= 0.6 is 0 Å². The quantitative estimate of drug-likeness (QED) is 0.626. The van der Waals surface area contributed by atoms with Crippen molar-refractivity contribution in [2.75, 3.05) is 14.2 Å². The predicted molar refractivity (Wildman–Crippen MR) is 98.3 cm³/mol. The summed E-state index contributed by atoms with van der Waals surface area (Å²) in [5.41, 5.74) is 4.18. The number of aryl methyl sites for hydroxylation is 1. The number of hydrogen-bond donors (Lipinski definition) is 0. The minimum Gasteiger partial charge on any atom is -0.497 e. The van der Waals surface area contributed by atoms with Gasteiger partial charge in [-0.1, -0.05) is 12.1 Å². The first kappa shape index (κ1) is 17.6. The summed E-state index contributed by atoms with van der Waals surface area (Å²) in [7, 11) is 3.13. The molecule has 0 radical (unpaired) electrons. The van der Waals surface area contributed by atoms with Gasteiger partial charge in [0.25, 0.3) is 0 Å². The molecular weight excluding hydrogens is 333 g/mol. The van der Waals surface area contributed by atoms with E-state index in [1.165, 1.54) is 18.3 Å². The molecule has 132 valence electrons. The lowest BCUT2D eigenvalue weighted by Gasteiger charge is -2.16. The van der Waals surface area contributed by atoms with E-state index in [0.29, 0.717) is 22.6 Å². The first-order chi connectivity index (χ1) is 12.6. The molecule has 0 aliphatic heterocycles. The minimum atomic E-state index is -0.324. The summed E-state index contributed by atoms with van der Waals surface area (Å²) < 4.78 is 24.1. The molecule has 3 aromatic rings. The number of methoxy groups -OCH3 is 2. The summed E-state index contributed by atoms with van der Waals surface area (Å²) in [5, 5.41) is 0. The fourth-order valence-electron chi connectivity index (χ4n) is 2.94. The monoisotopic (exact) mass is 351 g/mol. The summed E-state index contributed by atoms with van der Waals surface area (Å²) >= 11 is 0. The zero-order valence-corrected chi connectivity index (χ0v) is 14.7. The van der Waals surface area contributed by atoms with Crippen LogP contribution in [0.5, 0.6) is 11.5 Å². The molecule has 0 N–H and O–H groups in total. The second kappa shape index (κ2) is 7.35. The van der Waals surface area contributed by atoms with Gasteiger partial charge in [-0.3, -0.25) is 9.78 Å². The molecule has 0 bridgehead atoms. The highest BCUT2D eigenvalue weighted by molar-refractivity contribution is 5.96. The number of aldehydes is 1. The summed E-state index contributed by atoms with van der Waals surface area (Å²) in [4.78, 5) is 16.0. The average molecular weight is 351 g/mol. The van der Waals surface area contributed by atoms with Crippen LogP contribution in [-0.4, -0.2) is 25.5 Å². The van der Waals surface area contributed by atoms with E-state index in [0.717, 1.165) is 28.7 Å². The molecule has 0 unspecified atom stereocenters. The fraction of sp³-hybridized carbons (Fsp3) is 0.143. The number of hydrogen-bond acceptors (Lipinski definition) is 4. The molecule has 4 nitrogen and oxygen atoms in total. The van der Waals surface area contributed by atoms with Crippen LogP contribution in [0.25, 0.3) is 22.3 Å². The van der Waals surface area contributed by atoms with Gasteiger partial charge < -0.3 is 9.47 Å². The molecule has 0 atom stereocenters. The van der Waals surface area contributed by atoms with Gasteiger partial charge in [0.2, 0.25) is 0 Å². The highest BCUT2D eigenvalue weighted by Gasteiger charge is 2.17. The predicted octanol–water partition coefficient (Wildman–Crippen LogP) is 4.69. The number of rotatable bonds is 5. The largest absolute Gasteiger partial charge is 0.497 e. The van der Waals surface area contributed by atoms with Crippen molar-refractivity contribution in [3.63, 3.8) is 0 Å². The Balaban J connectivity index is 2.34. The first-order valence-corrected chi connectivity index (χ1v) is 8.01. The molecule has 0 spiro atoms. The van der Waals surface area contributed by atoms with Gasteiger partial charge in [-0.15, -0.1) is 0 Å². The van der Waals surface area contributed by atoms with Gasteiger partial charge in [0.1, 0.15) is 17.3 Å². The molecule has 0 aliphatic rings. The number of nitrogens with zero attached hydrogens (tertiary/aromatic N) is 1. The molecule has 5 heteroatoms. The van der Waals surface area contributed by atoms with Gasteiger partial charge in [0.05, 0.1) is 14.2 Å². The van der Waals surface area contributed by atoms with Crippen LogP contribution in [0, 0.1) is 12.7 Å². The van der Waals surface area contributed by atoms with Gasteiger partial charge in [-0.05, 0) is 42.3 Å². The van der Waals surface area contributed by atoms with E-state index in [1.54, 1.807) is 32.4 Å². The van der Waals surface area contributed by atoms with Crippen LogP contribution < -0.4 is 9.47 Å². The van der Waals surface area contributed by atoms with Crippen LogP contribution in [0.1, 0.15) is 16.1 Å². The van der Waals surface area contributed by atoms with Gasteiger partial charge in [-0.25, -0.2) is 4.39 Å². The van der Waals surface area contributed by atoms with Crippen molar-refractivity contribution in [2.45, 2.75) is 6.92 Å². The average Bonchev–Trinajstić information content (AvgIpc) is 2.68. The SMILES string of the molecule is COc1cc(OC)cc(-c2c(C=O)cnc(C)c2-c2ccc(F)cc2)c1. The zero-order valence-electron chi connectivity index (χ0n) is 14.7. The van der Waals surface area contributed by atoms with Crippen molar-refractivity contribution in [1.82, 2.24) is 4.98 Å². The van der Waals surface area contributed by atoms with E-state index in [1.807, 2.05) is 19.1 Å². The van der Waals surface area contributed by atoms with Crippen LogP contribution in [-0.2, 0) is 0 Å². The smallest absolute Gasteiger partial charge is 0.152 e. The van der Waals surface area contributed by atoms with Crippen molar-refractivity contribution in [3.05, 3.63) is 65.7 Å². The second-order valence-electron chi connectivity index (χ2n) is 5.78. The molecule has 0 saturated carbocycles. The molecule has 0 saturated heterocycles. The molecule has 26 heavy (non-hydrogen) atoms. The topological polar surface area (TPSA) is 48.4 Å². The number of ether oxygens (including phenoxy) is 2. The molecule has 0 amide bonds. The molecule has 3 rings (SSSR count). The van der Waals surface area contributed by atoms with Crippen molar-refractivity contribution >= 4 is 6.29 Å². The minimum absolute atomic E-state index is 0.324. The number of carbonyl (C=O) groups excluding carboxylic acids is 1. The van der Waals surface area contributed by atoms with Crippen molar-refractivity contribution in [2.24, 2.45) is 0 Å². The van der Waals surface area contributed by atoms with Crippen molar-refractivity contribution < 1.29 is 18.7 Å². The molecule has 1 aromatic heterocycles. The fourth-order valence-corrected chi connectivity index (χ4v) is 2.94. The Labute approximate surface area is 151 Å². The number of pyridine rings is 1. The van der Waals surface area contributed by atoms with Gasteiger partial charge in [0.15, 0.2) is 6.29 Å².